The van der Waals surface area contributed by atoms with Crippen molar-refractivity contribution < 1.29 is 4.79 Å². The van der Waals surface area contributed by atoms with E-state index in [4.69, 9.17) is 5.73 Å². The number of thioether (sulfide) groups is 1. The highest BCUT2D eigenvalue weighted by molar-refractivity contribution is 7.99. The van der Waals surface area contributed by atoms with Gasteiger partial charge in [-0.15, -0.1) is 0 Å². The van der Waals surface area contributed by atoms with Gasteiger partial charge in [0.1, 0.15) is 0 Å². The van der Waals surface area contributed by atoms with Gasteiger partial charge in [-0.05, 0) is 44.3 Å². The van der Waals surface area contributed by atoms with E-state index < -0.39 is 5.54 Å². The molecule has 2 aliphatic carbocycles. The minimum absolute atomic E-state index is 0.103. The zero-order valence-corrected chi connectivity index (χ0v) is 13.1. The number of hydrogen-bond donors (Lipinski definition) is 2. The second-order valence-electron chi connectivity index (χ2n) is 6.55. The monoisotopic (exact) mass is 284 g/mol. The Kier molecular flexibility index (Phi) is 5.18. The van der Waals surface area contributed by atoms with Crippen LogP contribution in [0.25, 0.3) is 0 Å². The summed E-state index contributed by atoms with van der Waals surface area (Å²) in [5.74, 6) is 0.681. The van der Waals surface area contributed by atoms with Gasteiger partial charge in [0.05, 0.1) is 5.54 Å². The highest BCUT2D eigenvalue weighted by Gasteiger charge is 2.39. The molecule has 0 aromatic heterocycles. The fourth-order valence-corrected chi connectivity index (χ4v) is 4.44. The summed E-state index contributed by atoms with van der Waals surface area (Å²) in [4.78, 5) is 12.5. The molecule has 0 aromatic rings. The lowest BCUT2D eigenvalue weighted by Crippen LogP contribution is -2.58. The quantitative estimate of drug-likeness (QED) is 0.838. The minimum atomic E-state index is -0.607. The Morgan fingerprint density at radius 1 is 1.32 bits per heavy atom. The first-order valence-electron chi connectivity index (χ1n) is 7.66. The highest BCUT2D eigenvalue weighted by atomic mass is 32.2. The van der Waals surface area contributed by atoms with E-state index in [2.05, 4.69) is 18.5 Å². The van der Waals surface area contributed by atoms with E-state index in [1.165, 1.54) is 19.3 Å². The van der Waals surface area contributed by atoms with Gasteiger partial charge in [0.2, 0.25) is 5.91 Å². The van der Waals surface area contributed by atoms with Gasteiger partial charge in [0, 0.05) is 11.3 Å². The van der Waals surface area contributed by atoms with Crippen molar-refractivity contribution in [1.82, 2.24) is 5.32 Å². The van der Waals surface area contributed by atoms with Crippen LogP contribution >= 0.6 is 11.8 Å². The SMILES string of the molecule is CSC1CCCC(NC(=O)C2(N)CCCC(C)C2)C1. The lowest BCUT2D eigenvalue weighted by Gasteiger charge is -2.37. The molecule has 110 valence electrons. The maximum atomic E-state index is 12.5. The van der Waals surface area contributed by atoms with Gasteiger partial charge in [-0.1, -0.05) is 26.2 Å². The van der Waals surface area contributed by atoms with Gasteiger partial charge in [-0.25, -0.2) is 0 Å². The summed E-state index contributed by atoms with van der Waals surface area (Å²) in [6.07, 6.45) is 10.9. The molecule has 0 radical (unpaired) electrons. The summed E-state index contributed by atoms with van der Waals surface area (Å²) >= 11 is 1.93. The maximum Gasteiger partial charge on any atom is 0.240 e. The van der Waals surface area contributed by atoms with Gasteiger partial charge in [-0.2, -0.15) is 11.8 Å². The van der Waals surface area contributed by atoms with Crippen LogP contribution in [0.3, 0.4) is 0 Å². The van der Waals surface area contributed by atoms with Crippen LogP contribution in [-0.4, -0.2) is 29.0 Å². The summed E-state index contributed by atoms with van der Waals surface area (Å²) < 4.78 is 0. The van der Waals surface area contributed by atoms with Crippen molar-refractivity contribution in [2.45, 2.75) is 75.1 Å². The number of carbonyl (C=O) groups is 1. The van der Waals surface area contributed by atoms with Crippen molar-refractivity contribution >= 4 is 17.7 Å². The summed E-state index contributed by atoms with van der Waals surface area (Å²) in [5.41, 5.74) is 5.75. The van der Waals surface area contributed by atoms with Crippen LogP contribution in [0.5, 0.6) is 0 Å². The summed E-state index contributed by atoms with van der Waals surface area (Å²) in [6, 6.07) is 0.344. The Morgan fingerprint density at radius 3 is 2.79 bits per heavy atom. The maximum absolute atomic E-state index is 12.5. The molecule has 0 saturated heterocycles. The van der Waals surface area contributed by atoms with E-state index in [0.29, 0.717) is 17.2 Å². The summed E-state index contributed by atoms with van der Waals surface area (Å²) in [6.45, 7) is 2.21. The molecule has 2 saturated carbocycles. The molecular formula is C15H28N2OS. The van der Waals surface area contributed by atoms with Crippen LogP contribution in [0.4, 0.5) is 0 Å². The Morgan fingerprint density at radius 2 is 2.11 bits per heavy atom. The molecule has 19 heavy (non-hydrogen) atoms. The first-order valence-corrected chi connectivity index (χ1v) is 8.95. The number of nitrogens with one attached hydrogen (secondary N) is 1. The smallest absolute Gasteiger partial charge is 0.240 e. The largest absolute Gasteiger partial charge is 0.352 e. The molecule has 0 heterocycles. The third-order valence-electron chi connectivity index (χ3n) is 4.78. The van der Waals surface area contributed by atoms with Crippen LogP contribution in [0.15, 0.2) is 0 Å². The second kappa shape index (κ2) is 6.49. The van der Waals surface area contributed by atoms with Crippen LogP contribution < -0.4 is 11.1 Å². The molecule has 1 amide bonds. The predicted molar refractivity (Wildman–Crippen MR) is 82.3 cm³/mol. The van der Waals surface area contributed by atoms with E-state index >= 15 is 0 Å². The standard InChI is InChI=1S/C15H28N2OS/c1-11-5-4-8-15(16,10-11)14(18)17-12-6-3-7-13(9-12)19-2/h11-13H,3-10,16H2,1-2H3,(H,17,18). The predicted octanol–water partition coefficient (Wildman–Crippen LogP) is 2.68. The molecule has 0 aromatic carbocycles. The number of amides is 1. The molecule has 0 spiro atoms. The molecule has 3 N–H and O–H groups in total. The normalized spacial score (nSPS) is 39.8. The zero-order chi connectivity index (χ0) is 13.9. The third-order valence-corrected chi connectivity index (χ3v) is 5.87. The van der Waals surface area contributed by atoms with Crippen LogP contribution in [0.1, 0.15) is 58.3 Å². The lowest BCUT2D eigenvalue weighted by atomic mass is 9.76. The van der Waals surface area contributed by atoms with Gasteiger partial charge in [-0.3, -0.25) is 4.79 Å². The molecule has 3 nitrogen and oxygen atoms in total. The average molecular weight is 284 g/mol. The van der Waals surface area contributed by atoms with Crippen molar-refractivity contribution in [2.24, 2.45) is 11.7 Å². The molecule has 4 unspecified atom stereocenters. The van der Waals surface area contributed by atoms with E-state index in [0.717, 1.165) is 32.1 Å². The number of rotatable bonds is 3. The Hall–Kier alpha value is -0.220. The van der Waals surface area contributed by atoms with Gasteiger partial charge in [0.15, 0.2) is 0 Å². The topological polar surface area (TPSA) is 55.1 Å². The molecule has 2 fully saturated rings. The fourth-order valence-electron chi connectivity index (χ4n) is 3.62. The second-order valence-corrected chi connectivity index (χ2v) is 7.69. The Bertz CT molecular complexity index is 323. The zero-order valence-electron chi connectivity index (χ0n) is 12.3. The first-order chi connectivity index (χ1) is 9.03. The number of nitrogens with two attached hydrogens (primary N) is 1. The van der Waals surface area contributed by atoms with Crippen LogP contribution in [0.2, 0.25) is 0 Å². The van der Waals surface area contributed by atoms with Crippen molar-refractivity contribution in [1.29, 1.82) is 0 Å². The average Bonchev–Trinajstić information content (AvgIpc) is 2.38. The van der Waals surface area contributed by atoms with E-state index in [1.54, 1.807) is 0 Å². The molecule has 0 aliphatic heterocycles. The molecule has 2 rings (SSSR count). The third kappa shape index (κ3) is 3.88. The van der Waals surface area contributed by atoms with Gasteiger partial charge >= 0.3 is 0 Å². The summed E-state index contributed by atoms with van der Waals surface area (Å²) in [7, 11) is 0. The minimum Gasteiger partial charge on any atom is -0.352 e. The van der Waals surface area contributed by atoms with Gasteiger partial charge in [0.25, 0.3) is 0 Å². The van der Waals surface area contributed by atoms with Crippen LogP contribution in [0, 0.1) is 5.92 Å². The van der Waals surface area contributed by atoms with Crippen molar-refractivity contribution in [3.8, 4) is 0 Å². The number of hydrogen-bond acceptors (Lipinski definition) is 3. The van der Waals surface area contributed by atoms with Crippen molar-refractivity contribution in [2.75, 3.05) is 6.26 Å². The molecule has 2 aliphatic rings. The lowest BCUT2D eigenvalue weighted by molar-refractivity contribution is -0.129. The van der Waals surface area contributed by atoms with Gasteiger partial charge < -0.3 is 11.1 Å². The number of carbonyl (C=O) groups excluding carboxylic acids is 1. The molecular weight excluding hydrogens is 256 g/mol. The molecule has 4 atom stereocenters. The van der Waals surface area contributed by atoms with Crippen molar-refractivity contribution in [3.05, 3.63) is 0 Å². The van der Waals surface area contributed by atoms with E-state index in [1.807, 2.05) is 11.8 Å². The van der Waals surface area contributed by atoms with E-state index in [-0.39, 0.29) is 5.91 Å². The molecule has 0 bridgehead atoms. The highest BCUT2D eigenvalue weighted by Crippen LogP contribution is 2.32. The van der Waals surface area contributed by atoms with Crippen LogP contribution in [-0.2, 0) is 4.79 Å². The van der Waals surface area contributed by atoms with Crippen molar-refractivity contribution in [3.63, 3.8) is 0 Å². The summed E-state index contributed by atoms with van der Waals surface area (Å²) in [5, 5.41) is 3.94. The Labute approximate surface area is 121 Å². The fraction of sp³-hybridized carbons (Fsp3) is 0.933. The van der Waals surface area contributed by atoms with E-state index in [9.17, 15) is 4.79 Å². The molecule has 4 heteroatoms. The Balaban J connectivity index is 1.89. The first kappa shape index (κ1) is 15.2.